The Hall–Kier alpha value is -6.72. The summed E-state index contributed by atoms with van der Waals surface area (Å²) in [5, 5.41) is 9.15. The molecule has 0 amide bonds. The van der Waals surface area contributed by atoms with Crippen LogP contribution >= 0.6 is 22.7 Å². The highest BCUT2D eigenvalue weighted by Gasteiger charge is 2.29. The summed E-state index contributed by atoms with van der Waals surface area (Å²) in [4.78, 5) is 1.47. The minimum absolute atomic E-state index is 0.239. The monoisotopic (exact) mass is 774 g/mol. The Morgan fingerprint density at radius 2 is 1.07 bits per heavy atom. The molecule has 8 aromatic carbocycles. The van der Waals surface area contributed by atoms with Crippen molar-refractivity contribution in [2.75, 3.05) is 0 Å². The third-order valence-electron chi connectivity index (χ3n) is 12.5. The number of aromatic nitrogens is 2. The predicted molar refractivity (Wildman–Crippen MR) is 251 cm³/mol. The molecule has 4 heterocycles. The number of hydrogen-bond donors (Lipinski definition) is 0. The molecule has 0 bridgehead atoms. The molecule has 1 aliphatic rings. The second kappa shape index (κ2) is 12.4. The van der Waals surface area contributed by atoms with Crippen LogP contribution in [0.4, 0.5) is 0 Å². The fourth-order valence-corrected chi connectivity index (χ4v) is 12.3. The molecule has 2 nitrogen and oxygen atoms in total. The van der Waals surface area contributed by atoms with E-state index >= 15 is 0 Å². The van der Waals surface area contributed by atoms with Crippen molar-refractivity contribution in [3.8, 4) is 16.8 Å². The molecule has 272 valence electrons. The van der Waals surface area contributed by atoms with Crippen molar-refractivity contribution in [2.24, 2.45) is 0 Å². The van der Waals surface area contributed by atoms with E-state index in [1.807, 2.05) is 22.7 Å². The van der Waals surface area contributed by atoms with Crippen molar-refractivity contribution < 1.29 is 0 Å². The third kappa shape index (κ3) is 4.64. The smallest absolute Gasteiger partial charge is 0.0619 e. The van der Waals surface area contributed by atoms with Crippen molar-refractivity contribution >= 4 is 108 Å². The molecule has 0 N–H and O–H groups in total. The number of hydrogen-bond acceptors (Lipinski definition) is 2. The van der Waals surface area contributed by atoms with Crippen LogP contribution in [0.3, 0.4) is 0 Å². The van der Waals surface area contributed by atoms with Crippen LogP contribution in [0.15, 0.2) is 182 Å². The fourth-order valence-electron chi connectivity index (χ4n) is 9.95. The van der Waals surface area contributed by atoms with E-state index in [0.717, 1.165) is 6.42 Å². The maximum Gasteiger partial charge on any atom is 0.0619 e. The molecule has 4 aromatic heterocycles. The second-order valence-corrected chi connectivity index (χ2v) is 17.8. The van der Waals surface area contributed by atoms with Crippen molar-refractivity contribution in [1.29, 1.82) is 0 Å². The minimum Gasteiger partial charge on any atom is -0.313 e. The second-order valence-electron chi connectivity index (χ2n) is 15.6. The standard InChI is InChI=1S/C54H34N2S2/c1-2-13-35(14-3-1)56-48-22-9-4-15-38(48)42-20-12-19-37(53(42)56)33-25-27-49-44(29-33)39-16-5-8-21-47(39)55(49)36-31-43(54-46(32-36)41-18-7-11-24-51(41)58-54)34-26-28-52-45(30-34)40-17-6-10-23-50(40)57-52/h1-30,32,43H,31H2. The molecule has 0 aliphatic heterocycles. The first-order valence-corrected chi connectivity index (χ1v) is 21.6. The Bertz CT molecular complexity index is 3670. The van der Waals surface area contributed by atoms with E-state index in [4.69, 9.17) is 0 Å². The highest BCUT2D eigenvalue weighted by atomic mass is 32.1. The van der Waals surface area contributed by atoms with Crippen molar-refractivity contribution in [2.45, 2.75) is 12.3 Å². The molecule has 0 saturated heterocycles. The van der Waals surface area contributed by atoms with Gasteiger partial charge in [0.05, 0.1) is 22.1 Å². The van der Waals surface area contributed by atoms with Crippen molar-refractivity contribution in [3.63, 3.8) is 0 Å². The third-order valence-corrected chi connectivity index (χ3v) is 14.9. The summed E-state index contributed by atoms with van der Waals surface area (Å²) in [5.41, 5.74) is 12.7. The lowest BCUT2D eigenvalue weighted by atomic mass is 9.85. The quantitative estimate of drug-likeness (QED) is 0.169. The first-order chi connectivity index (χ1) is 28.8. The van der Waals surface area contributed by atoms with Crippen LogP contribution in [-0.2, 0) is 0 Å². The van der Waals surface area contributed by atoms with Gasteiger partial charge < -0.3 is 9.13 Å². The fraction of sp³-hybridized carbons (Fsp3) is 0.0370. The Morgan fingerprint density at radius 3 is 1.90 bits per heavy atom. The van der Waals surface area contributed by atoms with Gasteiger partial charge in [-0.05, 0) is 89.9 Å². The predicted octanol–water partition coefficient (Wildman–Crippen LogP) is 15.7. The maximum atomic E-state index is 2.57. The molecular weight excluding hydrogens is 741 g/mol. The van der Waals surface area contributed by atoms with Crippen LogP contribution in [-0.4, -0.2) is 9.13 Å². The molecule has 0 radical (unpaired) electrons. The van der Waals surface area contributed by atoms with Gasteiger partial charge in [0.2, 0.25) is 0 Å². The van der Waals surface area contributed by atoms with E-state index in [9.17, 15) is 0 Å². The summed E-state index contributed by atoms with van der Waals surface area (Å²) in [6, 6.07) is 67.6. The summed E-state index contributed by atoms with van der Waals surface area (Å²) in [6.07, 6.45) is 3.42. The first-order valence-electron chi connectivity index (χ1n) is 20.0. The number of rotatable bonds is 4. The Balaban J connectivity index is 1.03. The van der Waals surface area contributed by atoms with Crippen molar-refractivity contribution in [3.05, 3.63) is 198 Å². The summed E-state index contributed by atoms with van der Waals surface area (Å²) >= 11 is 3.86. The zero-order valence-corrected chi connectivity index (χ0v) is 33.0. The molecule has 58 heavy (non-hydrogen) atoms. The molecule has 0 fully saturated rings. The molecule has 0 spiro atoms. The van der Waals surface area contributed by atoms with E-state index in [0.29, 0.717) is 0 Å². The summed E-state index contributed by atoms with van der Waals surface area (Å²) in [6.45, 7) is 0. The van der Waals surface area contributed by atoms with Crippen LogP contribution < -0.4 is 0 Å². The number of nitrogens with zero attached hydrogens (tertiary/aromatic N) is 2. The average Bonchev–Trinajstić information content (AvgIpc) is 4.04. The van der Waals surface area contributed by atoms with E-state index < -0.39 is 0 Å². The number of benzene rings is 8. The normalized spacial score (nSPS) is 14.4. The van der Waals surface area contributed by atoms with Crippen LogP contribution in [0.25, 0.3) is 102 Å². The van der Waals surface area contributed by atoms with Crippen LogP contribution in [0, 0.1) is 0 Å². The number of thiophene rings is 2. The highest BCUT2D eigenvalue weighted by molar-refractivity contribution is 7.25. The molecule has 0 saturated carbocycles. The largest absolute Gasteiger partial charge is 0.313 e. The maximum absolute atomic E-state index is 2.57. The SMILES string of the molecule is C1=C(n2c3ccccc3c3cc(-c4cccc5c6ccccc6n(-c6ccccc6)c45)ccc32)CC(c2ccc3sc4ccccc4c3c2)c2sc3ccccc3c21. The molecule has 1 aliphatic carbocycles. The summed E-state index contributed by atoms with van der Waals surface area (Å²) in [5.74, 6) is 0.239. The van der Waals surface area contributed by atoms with E-state index in [2.05, 4.69) is 197 Å². The number of para-hydroxylation sites is 4. The topological polar surface area (TPSA) is 9.86 Å². The van der Waals surface area contributed by atoms with Crippen LogP contribution in [0.5, 0.6) is 0 Å². The lowest BCUT2D eigenvalue weighted by Crippen LogP contribution is -2.10. The molecule has 13 rings (SSSR count). The highest BCUT2D eigenvalue weighted by Crippen LogP contribution is 2.50. The Labute approximate surface area is 342 Å². The van der Waals surface area contributed by atoms with Gasteiger partial charge in [-0.3, -0.25) is 0 Å². The van der Waals surface area contributed by atoms with Crippen molar-refractivity contribution in [1.82, 2.24) is 9.13 Å². The van der Waals surface area contributed by atoms with Crippen LogP contribution in [0.1, 0.15) is 28.3 Å². The van der Waals surface area contributed by atoms with Gasteiger partial charge in [-0.15, -0.1) is 22.7 Å². The molecule has 12 aromatic rings. The van der Waals surface area contributed by atoms with Gasteiger partial charge in [0, 0.05) is 79.5 Å². The van der Waals surface area contributed by atoms with Gasteiger partial charge >= 0.3 is 0 Å². The van der Waals surface area contributed by atoms with Gasteiger partial charge in [0.1, 0.15) is 0 Å². The summed E-state index contributed by atoms with van der Waals surface area (Å²) in [7, 11) is 0. The Kier molecular flexibility index (Phi) is 6.91. The molecule has 1 atom stereocenters. The average molecular weight is 775 g/mol. The molecular formula is C54H34N2S2. The van der Waals surface area contributed by atoms with E-state index in [-0.39, 0.29) is 5.92 Å². The lowest BCUT2D eigenvalue weighted by molar-refractivity contribution is 0.827. The van der Waals surface area contributed by atoms with E-state index in [1.54, 1.807) is 0 Å². The Morgan fingerprint density at radius 1 is 0.431 bits per heavy atom. The molecule has 1 unspecified atom stereocenters. The van der Waals surface area contributed by atoms with Gasteiger partial charge in [0.25, 0.3) is 0 Å². The van der Waals surface area contributed by atoms with E-state index in [1.165, 1.54) is 112 Å². The van der Waals surface area contributed by atoms with Gasteiger partial charge in [0.15, 0.2) is 0 Å². The number of fused-ring (bicyclic) bond motifs is 12. The zero-order chi connectivity index (χ0) is 37.9. The summed E-state index contributed by atoms with van der Waals surface area (Å²) < 4.78 is 9.07. The van der Waals surface area contributed by atoms with Gasteiger partial charge in [-0.25, -0.2) is 0 Å². The van der Waals surface area contributed by atoms with Gasteiger partial charge in [-0.1, -0.05) is 121 Å². The van der Waals surface area contributed by atoms with Crippen LogP contribution in [0.2, 0.25) is 0 Å². The first kappa shape index (κ1) is 32.4. The number of allylic oxidation sites excluding steroid dienone is 1. The molecule has 4 heteroatoms. The lowest BCUT2D eigenvalue weighted by Gasteiger charge is -2.26. The minimum atomic E-state index is 0.239. The van der Waals surface area contributed by atoms with Gasteiger partial charge in [-0.2, -0.15) is 0 Å². The zero-order valence-electron chi connectivity index (χ0n) is 31.4.